The zero-order chi connectivity index (χ0) is 32.5. The van der Waals surface area contributed by atoms with Crippen molar-refractivity contribution >= 4 is 92.3 Å². The Morgan fingerprint density at radius 1 is 0.380 bits per heavy atom. The van der Waals surface area contributed by atoms with Crippen LogP contribution in [0.2, 0.25) is 0 Å². The van der Waals surface area contributed by atoms with Gasteiger partial charge in [-0.25, -0.2) is 9.97 Å². The minimum atomic E-state index is 0.671. The first kappa shape index (κ1) is 26.2. The lowest BCUT2D eigenvalue weighted by atomic mass is 10.00. The monoisotopic (exact) mass is 634 g/mol. The van der Waals surface area contributed by atoms with Crippen LogP contribution in [0.1, 0.15) is 0 Å². The van der Waals surface area contributed by atoms with Gasteiger partial charge in [0.05, 0.1) is 38.8 Å². The summed E-state index contributed by atoms with van der Waals surface area (Å²) in [6.45, 7) is 0. The van der Waals surface area contributed by atoms with Gasteiger partial charge in [-0.15, -0.1) is 0 Å². The Labute approximate surface area is 285 Å². The van der Waals surface area contributed by atoms with Crippen LogP contribution in [-0.2, 0) is 0 Å². The Balaban J connectivity index is 1.36. The Bertz CT molecular complexity index is 3370. The highest BCUT2D eigenvalue weighted by Crippen LogP contribution is 2.47. The molecule has 0 saturated heterocycles. The minimum absolute atomic E-state index is 0.671. The molecule has 0 unspecified atom stereocenters. The Morgan fingerprint density at radius 2 is 1.00 bits per heavy atom. The SMILES string of the molecule is c1ccc(-c2nc(-n3c4ccc5ccccc5c4c4cc5c6ccccc6n6c7ccccc7c(c43)c56)nc3ccc4ccccc4c23)cc1. The van der Waals surface area contributed by atoms with Crippen LogP contribution in [0.3, 0.4) is 0 Å². The van der Waals surface area contributed by atoms with Crippen molar-refractivity contribution in [2.75, 3.05) is 0 Å². The van der Waals surface area contributed by atoms with E-state index in [1.807, 2.05) is 0 Å². The number of nitrogens with zero attached hydrogens (tertiary/aromatic N) is 4. The van der Waals surface area contributed by atoms with Crippen molar-refractivity contribution in [3.05, 3.63) is 158 Å². The summed E-state index contributed by atoms with van der Waals surface area (Å²) in [4.78, 5) is 11.0. The molecule has 0 spiro atoms. The second kappa shape index (κ2) is 9.43. The molecule has 50 heavy (non-hydrogen) atoms. The summed E-state index contributed by atoms with van der Waals surface area (Å²) >= 11 is 0. The summed E-state index contributed by atoms with van der Waals surface area (Å²) in [6.07, 6.45) is 0. The summed E-state index contributed by atoms with van der Waals surface area (Å²) in [7, 11) is 0. The second-order valence-corrected chi connectivity index (χ2v) is 13.3. The molecule has 4 nitrogen and oxygen atoms in total. The van der Waals surface area contributed by atoms with Gasteiger partial charge >= 0.3 is 0 Å². The predicted octanol–water partition coefficient (Wildman–Crippen LogP) is 11.9. The molecule has 4 heteroatoms. The second-order valence-electron chi connectivity index (χ2n) is 13.3. The Morgan fingerprint density at radius 3 is 1.78 bits per heavy atom. The number of benzene rings is 8. The van der Waals surface area contributed by atoms with E-state index in [1.165, 1.54) is 65.0 Å². The summed E-state index contributed by atoms with van der Waals surface area (Å²) in [5.41, 5.74) is 8.84. The van der Waals surface area contributed by atoms with Crippen LogP contribution in [0.15, 0.2) is 158 Å². The zero-order valence-corrected chi connectivity index (χ0v) is 26.8. The van der Waals surface area contributed by atoms with Gasteiger partial charge in [-0.05, 0) is 51.9 Å². The fraction of sp³-hybridized carbons (Fsp3) is 0. The van der Waals surface area contributed by atoms with Crippen molar-refractivity contribution < 1.29 is 0 Å². The summed E-state index contributed by atoms with van der Waals surface area (Å²) in [6, 6.07) is 56.7. The number of rotatable bonds is 2. The molecule has 0 radical (unpaired) electrons. The maximum Gasteiger partial charge on any atom is 0.235 e. The lowest BCUT2D eigenvalue weighted by Crippen LogP contribution is -2.04. The van der Waals surface area contributed by atoms with E-state index in [1.54, 1.807) is 0 Å². The standard InChI is InChI=1S/C46H26N4/c1-2-14-29(15-3-1)43-41-31-17-7-5-12-27(31)22-24-36(41)47-46(48-43)50-39-25-23-28-13-4-6-16-30(28)40(39)35-26-34-32-18-8-10-20-37(32)49-38-21-11-9-19-33(38)42(44(34)49)45(35)50/h1-26H. The topological polar surface area (TPSA) is 35.1 Å². The van der Waals surface area contributed by atoms with Crippen molar-refractivity contribution in [1.29, 1.82) is 0 Å². The van der Waals surface area contributed by atoms with Crippen molar-refractivity contribution in [2.45, 2.75) is 0 Å². The predicted molar refractivity (Wildman–Crippen MR) is 209 cm³/mol. The molecule has 0 amide bonds. The van der Waals surface area contributed by atoms with Gasteiger partial charge in [0.15, 0.2) is 0 Å². The number of hydrogen-bond acceptors (Lipinski definition) is 2. The van der Waals surface area contributed by atoms with Crippen molar-refractivity contribution in [3.8, 4) is 17.2 Å². The van der Waals surface area contributed by atoms with Gasteiger partial charge in [-0.2, -0.15) is 0 Å². The maximum absolute atomic E-state index is 5.56. The van der Waals surface area contributed by atoms with E-state index in [0.717, 1.165) is 38.6 Å². The number of fused-ring (bicyclic) bond motifs is 15. The lowest BCUT2D eigenvalue weighted by molar-refractivity contribution is 1.02. The Kier molecular flexibility index (Phi) is 4.94. The minimum Gasteiger partial charge on any atom is -0.308 e. The van der Waals surface area contributed by atoms with Crippen LogP contribution >= 0.6 is 0 Å². The summed E-state index contributed by atoms with van der Waals surface area (Å²) < 4.78 is 4.80. The average molecular weight is 635 g/mol. The van der Waals surface area contributed by atoms with E-state index in [4.69, 9.17) is 9.97 Å². The van der Waals surface area contributed by atoms with Gasteiger partial charge in [0, 0.05) is 43.3 Å². The third-order valence-corrected chi connectivity index (χ3v) is 10.8. The van der Waals surface area contributed by atoms with Gasteiger partial charge in [0.1, 0.15) is 0 Å². The van der Waals surface area contributed by atoms with E-state index in [0.29, 0.717) is 5.95 Å². The molecular weight excluding hydrogens is 609 g/mol. The highest BCUT2D eigenvalue weighted by Gasteiger charge is 2.26. The molecule has 12 rings (SSSR count). The summed E-state index contributed by atoms with van der Waals surface area (Å²) in [5.74, 6) is 0.671. The molecule has 0 atom stereocenters. The molecule has 0 saturated carbocycles. The van der Waals surface area contributed by atoms with Crippen LogP contribution in [-0.4, -0.2) is 18.9 Å². The smallest absolute Gasteiger partial charge is 0.235 e. The van der Waals surface area contributed by atoms with E-state index in [2.05, 4.69) is 167 Å². The van der Waals surface area contributed by atoms with Crippen molar-refractivity contribution in [2.24, 2.45) is 0 Å². The highest BCUT2D eigenvalue weighted by molar-refractivity contribution is 6.36. The first-order valence-corrected chi connectivity index (χ1v) is 17.1. The quantitative estimate of drug-likeness (QED) is 0.177. The molecule has 0 N–H and O–H groups in total. The fourth-order valence-electron chi connectivity index (χ4n) is 8.78. The molecule has 230 valence electrons. The summed E-state index contributed by atoms with van der Waals surface area (Å²) in [5, 5.41) is 13.3. The molecule has 0 bridgehead atoms. The van der Waals surface area contributed by atoms with Gasteiger partial charge in [-0.1, -0.05) is 127 Å². The number of aromatic nitrogens is 4. The van der Waals surface area contributed by atoms with Crippen molar-refractivity contribution in [3.63, 3.8) is 0 Å². The first-order chi connectivity index (χ1) is 24.8. The average Bonchev–Trinajstić information content (AvgIpc) is 3.82. The Hall–Kier alpha value is -6.78. The third-order valence-electron chi connectivity index (χ3n) is 10.8. The van der Waals surface area contributed by atoms with Crippen molar-refractivity contribution in [1.82, 2.24) is 18.9 Å². The molecule has 0 fully saturated rings. The van der Waals surface area contributed by atoms with E-state index >= 15 is 0 Å². The molecule has 4 aromatic heterocycles. The largest absolute Gasteiger partial charge is 0.308 e. The zero-order valence-electron chi connectivity index (χ0n) is 26.8. The van der Waals surface area contributed by atoms with Gasteiger partial charge < -0.3 is 4.40 Å². The lowest BCUT2D eigenvalue weighted by Gasteiger charge is -2.14. The molecule has 12 aromatic rings. The van der Waals surface area contributed by atoms with Crippen LogP contribution in [0.4, 0.5) is 0 Å². The van der Waals surface area contributed by atoms with E-state index in [9.17, 15) is 0 Å². The number of para-hydroxylation sites is 2. The highest BCUT2D eigenvalue weighted by atomic mass is 15.2. The third kappa shape index (κ3) is 3.25. The van der Waals surface area contributed by atoms with E-state index < -0.39 is 0 Å². The van der Waals surface area contributed by atoms with Gasteiger partial charge in [-0.3, -0.25) is 4.57 Å². The van der Waals surface area contributed by atoms with Crippen LogP contribution in [0.5, 0.6) is 0 Å². The van der Waals surface area contributed by atoms with Crippen LogP contribution in [0, 0.1) is 0 Å². The number of hydrogen-bond donors (Lipinski definition) is 0. The molecule has 8 aromatic carbocycles. The molecule has 0 aliphatic rings. The van der Waals surface area contributed by atoms with Gasteiger partial charge in [0.2, 0.25) is 5.95 Å². The van der Waals surface area contributed by atoms with Gasteiger partial charge in [0.25, 0.3) is 0 Å². The molecule has 0 aliphatic heterocycles. The molecule has 4 heterocycles. The van der Waals surface area contributed by atoms with E-state index in [-0.39, 0.29) is 0 Å². The first-order valence-electron chi connectivity index (χ1n) is 17.1. The fourth-order valence-corrected chi connectivity index (χ4v) is 8.78. The normalized spacial score (nSPS) is 12.4. The molecule has 0 aliphatic carbocycles. The maximum atomic E-state index is 5.56. The van der Waals surface area contributed by atoms with Crippen LogP contribution in [0.25, 0.3) is 110 Å². The molecular formula is C46H26N4. The van der Waals surface area contributed by atoms with Crippen LogP contribution < -0.4 is 0 Å².